The fourth-order valence-electron chi connectivity index (χ4n) is 1.28. The molecule has 2 nitrogen and oxygen atoms in total. The molecule has 0 aliphatic heterocycles. The molecule has 1 aromatic carbocycles. The predicted octanol–water partition coefficient (Wildman–Crippen LogP) is 3.12. The molecule has 0 amide bonds. The van der Waals surface area contributed by atoms with Crippen molar-refractivity contribution in [3.63, 3.8) is 0 Å². The van der Waals surface area contributed by atoms with E-state index in [1.165, 1.54) is 12.3 Å². The van der Waals surface area contributed by atoms with Crippen LogP contribution in [0, 0.1) is 5.82 Å². The van der Waals surface area contributed by atoms with E-state index in [0.29, 0.717) is 23.7 Å². The van der Waals surface area contributed by atoms with Crippen molar-refractivity contribution in [2.24, 2.45) is 0 Å². The van der Waals surface area contributed by atoms with Gasteiger partial charge in [-0.15, -0.1) is 0 Å². The molecular formula is C12H15ClFNO. The van der Waals surface area contributed by atoms with E-state index in [0.717, 1.165) is 13.0 Å². The molecule has 4 heteroatoms. The fourth-order valence-corrected chi connectivity index (χ4v) is 1.51. The smallest absolute Gasteiger partial charge is 0.129 e. The highest BCUT2D eigenvalue weighted by molar-refractivity contribution is 6.31. The molecule has 0 bridgehead atoms. The van der Waals surface area contributed by atoms with Crippen LogP contribution in [0.1, 0.15) is 12.0 Å². The molecule has 0 aromatic heterocycles. The lowest BCUT2D eigenvalue weighted by atomic mass is 10.2. The lowest BCUT2D eigenvalue weighted by Gasteiger charge is -2.07. The maximum atomic E-state index is 13.3. The number of benzene rings is 1. The molecule has 0 aliphatic rings. The minimum absolute atomic E-state index is 0.276. The summed E-state index contributed by atoms with van der Waals surface area (Å²) in [5, 5.41) is 3.56. The minimum Gasteiger partial charge on any atom is -0.502 e. The molecule has 16 heavy (non-hydrogen) atoms. The molecule has 0 radical (unpaired) electrons. The van der Waals surface area contributed by atoms with Crippen molar-refractivity contribution < 1.29 is 9.13 Å². The van der Waals surface area contributed by atoms with Gasteiger partial charge >= 0.3 is 0 Å². The second-order valence-electron chi connectivity index (χ2n) is 3.27. The van der Waals surface area contributed by atoms with E-state index >= 15 is 0 Å². The third-order valence-electron chi connectivity index (χ3n) is 2.10. The number of nitrogens with one attached hydrogen (secondary N) is 1. The van der Waals surface area contributed by atoms with Gasteiger partial charge in [-0.2, -0.15) is 0 Å². The van der Waals surface area contributed by atoms with Crippen LogP contribution >= 0.6 is 11.6 Å². The van der Waals surface area contributed by atoms with Gasteiger partial charge in [0.2, 0.25) is 0 Å². The van der Waals surface area contributed by atoms with Crippen LogP contribution in [0.2, 0.25) is 5.02 Å². The zero-order valence-corrected chi connectivity index (χ0v) is 9.77. The molecule has 0 aliphatic carbocycles. The van der Waals surface area contributed by atoms with E-state index in [2.05, 4.69) is 11.9 Å². The predicted molar refractivity (Wildman–Crippen MR) is 63.9 cm³/mol. The third kappa shape index (κ3) is 4.21. The van der Waals surface area contributed by atoms with Crippen molar-refractivity contribution in [2.45, 2.75) is 13.0 Å². The van der Waals surface area contributed by atoms with Crippen molar-refractivity contribution >= 4 is 11.6 Å². The van der Waals surface area contributed by atoms with Crippen LogP contribution in [-0.2, 0) is 11.3 Å². The molecule has 1 aromatic rings. The first-order valence-electron chi connectivity index (χ1n) is 5.12. The van der Waals surface area contributed by atoms with Crippen molar-refractivity contribution in [3.8, 4) is 0 Å². The SMILES string of the molecule is C=COCCCNCc1c(F)cccc1Cl. The van der Waals surface area contributed by atoms with Crippen molar-refractivity contribution in [3.05, 3.63) is 47.4 Å². The van der Waals surface area contributed by atoms with Crippen LogP contribution in [0.15, 0.2) is 31.0 Å². The second kappa shape index (κ2) is 7.25. The van der Waals surface area contributed by atoms with Crippen molar-refractivity contribution in [1.82, 2.24) is 5.32 Å². The molecular weight excluding hydrogens is 229 g/mol. The third-order valence-corrected chi connectivity index (χ3v) is 2.45. The second-order valence-corrected chi connectivity index (χ2v) is 3.68. The minimum atomic E-state index is -0.276. The van der Waals surface area contributed by atoms with E-state index < -0.39 is 0 Å². The average Bonchev–Trinajstić information content (AvgIpc) is 2.26. The van der Waals surface area contributed by atoms with E-state index in [1.807, 2.05) is 0 Å². The van der Waals surface area contributed by atoms with Crippen LogP contribution in [0.5, 0.6) is 0 Å². The van der Waals surface area contributed by atoms with Gasteiger partial charge in [-0.3, -0.25) is 0 Å². The number of hydrogen-bond acceptors (Lipinski definition) is 2. The summed E-state index contributed by atoms with van der Waals surface area (Å²) in [5.41, 5.74) is 0.508. The Balaban J connectivity index is 2.29. The number of hydrogen-bond donors (Lipinski definition) is 1. The number of halogens is 2. The summed E-state index contributed by atoms with van der Waals surface area (Å²) in [7, 11) is 0. The Morgan fingerprint density at radius 2 is 2.31 bits per heavy atom. The molecule has 0 spiro atoms. The van der Waals surface area contributed by atoms with E-state index in [-0.39, 0.29) is 5.82 Å². The highest BCUT2D eigenvalue weighted by Crippen LogP contribution is 2.18. The molecule has 1 rings (SSSR count). The molecule has 0 atom stereocenters. The zero-order valence-electron chi connectivity index (χ0n) is 9.01. The Hall–Kier alpha value is -1.06. The van der Waals surface area contributed by atoms with Crippen LogP contribution in [0.25, 0.3) is 0 Å². The van der Waals surface area contributed by atoms with E-state index in [4.69, 9.17) is 16.3 Å². The fraction of sp³-hybridized carbons (Fsp3) is 0.333. The summed E-state index contributed by atoms with van der Waals surface area (Å²) in [6.07, 6.45) is 2.26. The molecule has 88 valence electrons. The first-order valence-corrected chi connectivity index (χ1v) is 5.49. The lowest BCUT2D eigenvalue weighted by molar-refractivity contribution is 0.244. The van der Waals surface area contributed by atoms with E-state index in [9.17, 15) is 4.39 Å². The summed E-state index contributed by atoms with van der Waals surface area (Å²) in [4.78, 5) is 0. The maximum Gasteiger partial charge on any atom is 0.129 e. The normalized spacial score (nSPS) is 10.1. The molecule has 0 saturated carbocycles. The standard InChI is InChI=1S/C12H15ClFNO/c1-2-16-8-4-7-15-9-10-11(13)5-3-6-12(10)14/h2-3,5-6,15H,1,4,7-9H2. The molecule has 0 unspecified atom stereocenters. The highest BCUT2D eigenvalue weighted by Gasteiger charge is 2.05. The van der Waals surface area contributed by atoms with Gasteiger partial charge in [-0.1, -0.05) is 24.2 Å². The lowest BCUT2D eigenvalue weighted by Crippen LogP contribution is -2.17. The zero-order chi connectivity index (χ0) is 11.8. The summed E-state index contributed by atoms with van der Waals surface area (Å²) in [6, 6.07) is 4.69. The molecule has 0 heterocycles. The molecule has 1 N–H and O–H groups in total. The largest absolute Gasteiger partial charge is 0.502 e. The quantitative estimate of drug-likeness (QED) is 0.587. The Morgan fingerprint density at radius 1 is 1.50 bits per heavy atom. The highest BCUT2D eigenvalue weighted by atomic mass is 35.5. The summed E-state index contributed by atoms with van der Waals surface area (Å²) in [6.45, 7) is 5.23. The number of rotatable bonds is 7. The first kappa shape index (κ1) is 13.0. The van der Waals surface area contributed by atoms with Crippen LogP contribution in [0.4, 0.5) is 4.39 Å². The maximum absolute atomic E-state index is 13.3. The van der Waals surface area contributed by atoms with Crippen LogP contribution in [-0.4, -0.2) is 13.2 Å². The van der Waals surface area contributed by atoms with Gasteiger partial charge in [-0.05, 0) is 25.1 Å². The molecule has 0 saturated heterocycles. The Labute approximate surface area is 100 Å². The van der Waals surface area contributed by atoms with Gasteiger partial charge < -0.3 is 10.1 Å². The Morgan fingerprint density at radius 3 is 3.00 bits per heavy atom. The van der Waals surface area contributed by atoms with Crippen molar-refractivity contribution in [1.29, 1.82) is 0 Å². The summed E-state index contributed by atoms with van der Waals surface area (Å²) < 4.78 is 18.3. The van der Waals surface area contributed by atoms with Crippen LogP contribution in [0.3, 0.4) is 0 Å². The topological polar surface area (TPSA) is 21.3 Å². The van der Waals surface area contributed by atoms with Crippen LogP contribution < -0.4 is 5.32 Å². The summed E-state index contributed by atoms with van der Waals surface area (Å²) >= 11 is 5.87. The summed E-state index contributed by atoms with van der Waals surface area (Å²) in [5.74, 6) is -0.276. The monoisotopic (exact) mass is 243 g/mol. The van der Waals surface area contributed by atoms with Gasteiger partial charge in [0.25, 0.3) is 0 Å². The van der Waals surface area contributed by atoms with Gasteiger partial charge in [-0.25, -0.2) is 4.39 Å². The van der Waals surface area contributed by atoms with Crippen molar-refractivity contribution in [2.75, 3.05) is 13.2 Å². The van der Waals surface area contributed by atoms with Gasteiger partial charge in [0.05, 0.1) is 12.9 Å². The first-order chi connectivity index (χ1) is 7.75. The van der Waals surface area contributed by atoms with Gasteiger partial charge in [0.15, 0.2) is 0 Å². The van der Waals surface area contributed by atoms with Gasteiger partial charge in [0, 0.05) is 17.1 Å². The Bertz CT molecular complexity index is 324. The molecule has 0 fully saturated rings. The van der Waals surface area contributed by atoms with E-state index in [1.54, 1.807) is 12.1 Å². The Kier molecular flexibility index (Phi) is 5.90. The average molecular weight is 244 g/mol. The van der Waals surface area contributed by atoms with Gasteiger partial charge in [0.1, 0.15) is 5.82 Å². The number of ether oxygens (including phenoxy) is 1.